The highest BCUT2D eigenvalue weighted by Crippen LogP contribution is 2.25. The molecule has 4 aromatic rings. The number of anilines is 1. The minimum atomic E-state index is -0.351. The Balaban J connectivity index is 1.25. The van der Waals surface area contributed by atoms with E-state index in [1.807, 2.05) is 30.3 Å². The number of nitrogens with zero attached hydrogens (tertiary/aromatic N) is 3. The van der Waals surface area contributed by atoms with Crippen LogP contribution >= 0.6 is 0 Å². The molecule has 3 N–H and O–H groups in total. The van der Waals surface area contributed by atoms with Crippen LogP contribution in [0.2, 0.25) is 0 Å². The average Bonchev–Trinajstić information content (AvgIpc) is 3.45. The molecule has 0 aliphatic heterocycles. The lowest BCUT2D eigenvalue weighted by Gasteiger charge is -2.04. The second kappa shape index (κ2) is 10.5. The van der Waals surface area contributed by atoms with Gasteiger partial charge in [-0.2, -0.15) is 10.4 Å². The van der Waals surface area contributed by atoms with Crippen LogP contribution in [-0.2, 0) is 17.6 Å². The topological polar surface area (TPSA) is 110 Å². The molecule has 0 bridgehead atoms. The van der Waals surface area contributed by atoms with Crippen molar-refractivity contribution in [2.24, 2.45) is 0 Å². The van der Waals surface area contributed by atoms with Gasteiger partial charge in [-0.15, -0.1) is 0 Å². The Morgan fingerprint density at radius 3 is 2.62 bits per heavy atom. The summed E-state index contributed by atoms with van der Waals surface area (Å²) in [6.45, 7) is 0.445. The predicted octanol–water partition coefficient (Wildman–Crippen LogP) is 4.41. The van der Waals surface area contributed by atoms with E-state index in [1.165, 1.54) is 6.07 Å². The maximum atomic E-state index is 13.9. The lowest BCUT2D eigenvalue weighted by molar-refractivity contribution is -0.121. The molecule has 2 heterocycles. The van der Waals surface area contributed by atoms with E-state index in [0.717, 1.165) is 5.69 Å². The molecule has 0 atom stereocenters. The summed E-state index contributed by atoms with van der Waals surface area (Å²) in [6, 6.07) is 21.4. The van der Waals surface area contributed by atoms with Crippen molar-refractivity contribution in [1.29, 1.82) is 5.26 Å². The molecule has 0 radical (unpaired) electrons. The minimum Gasteiger partial charge on any atom is -0.461 e. The molecule has 34 heavy (non-hydrogen) atoms. The Morgan fingerprint density at radius 2 is 1.85 bits per heavy atom. The van der Waals surface area contributed by atoms with E-state index in [1.54, 1.807) is 35.0 Å². The summed E-state index contributed by atoms with van der Waals surface area (Å²) in [7, 11) is 0. The van der Waals surface area contributed by atoms with E-state index in [-0.39, 0.29) is 18.1 Å². The largest absolute Gasteiger partial charge is 0.461 e. The van der Waals surface area contributed by atoms with Gasteiger partial charge in [0.2, 0.25) is 5.91 Å². The third-order valence-electron chi connectivity index (χ3n) is 5.42. The van der Waals surface area contributed by atoms with Crippen LogP contribution in [0.15, 0.2) is 71.1 Å². The molecule has 0 aliphatic rings. The molecule has 7 nitrogen and oxygen atoms in total. The number of aryl methyl sites for hydroxylation is 2. The molecule has 8 heteroatoms. The molecule has 0 saturated carbocycles. The summed E-state index contributed by atoms with van der Waals surface area (Å²) in [5, 5.41) is 16.9. The number of carbonyl (C=O) groups is 1. The average molecular weight is 458 g/mol. The number of nitrogen functional groups attached to an aromatic ring is 1. The molecule has 4 rings (SSSR count). The maximum absolute atomic E-state index is 13.9. The number of nitriles is 1. The molecule has 2 aromatic heterocycles. The van der Waals surface area contributed by atoms with Crippen molar-refractivity contribution in [3.8, 4) is 23.1 Å². The first-order valence-corrected chi connectivity index (χ1v) is 11.0. The Morgan fingerprint density at radius 1 is 1.09 bits per heavy atom. The van der Waals surface area contributed by atoms with Crippen LogP contribution in [0.1, 0.15) is 29.9 Å². The molecule has 172 valence electrons. The number of hydrogen-bond donors (Lipinski definition) is 2. The van der Waals surface area contributed by atoms with Gasteiger partial charge < -0.3 is 15.5 Å². The Kier molecular flexibility index (Phi) is 7.04. The quantitative estimate of drug-likeness (QED) is 0.362. The molecule has 0 saturated heterocycles. The number of para-hydroxylation sites is 1. The van der Waals surface area contributed by atoms with Crippen LogP contribution in [0.25, 0.3) is 17.0 Å². The van der Waals surface area contributed by atoms with E-state index in [2.05, 4.69) is 16.5 Å². The summed E-state index contributed by atoms with van der Waals surface area (Å²) >= 11 is 0. The number of aromatic nitrogens is 2. The number of nitrogens with one attached hydrogen (secondary N) is 1. The van der Waals surface area contributed by atoms with Gasteiger partial charge in [0.25, 0.3) is 0 Å². The van der Waals surface area contributed by atoms with Gasteiger partial charge in [0.05, 0.1) is 16.9 Å². The zero-order valence-electron chi connectivity index (χ0n) is 18.5. The van der Waals surface area contributed by atoms with Crippen LogP contribution in [0, 0.1) is 17.1 Å². The Bertz CT molecular complexity index is 1320. The minimum absolute atomic E-state index is 0.112. The van der Waals surface area contributed by atoms with Gasteiger partial charge >= 0.3 is 0 Å². The van der Waals surface area contributed by atoms with Crippen LogP contribution in [0.3, 0.4) is 0 Å². The number of benzene rings is 2. The summed E-state index contributed by atoms with van der Waals surface area (Å²) in [5.74, 6) is 0.903. The van der Waals surface area contributed by atoms with Gasteiger partial charge in [0.1, 0.15) is 34.8 Å². The van der Waals surface area contributed by atoms with Crippen molar-refractivity contribution < 1.29 is 13.6 Å². The number of hydrogen-bond acceptors (Lipinski definition) is 5. The lowest BCUT2D eigenvalue weighted by Crippen LogP contribution is -2.25. The lowest BCUT2D eigenvalue weighted by atomic mass is 10.1. The number of carbonyl (C=O) groups excluding carboxylic acids is 1. The van der Waals surface area contributed by atoms with Crippen LogP contribution in [0.4, 0.5) is 10.2 Å². The van der Waals surface area contributed by atoms with Gasteiger partial charge in [-0.3, -0.25) is 4.79 Å². The van der Waals surface area contributed by atoms with E-state index in [9.17, 15) is 14.4 Å². The molecule has 0 fully saturated rings. The van der Waals surface area contributed by atoms with E-state index in [0.29, 0.717) is 60.0 Å². The van der Waals surface area contributed by atoms with Crippen molar-refractivity contribution in [2.75, 3.05) is 12.3 Å². The van der Waals surface area contributed by atoms with Gasteiger partial charge in [-0.25, -0.2) is 9.07 Å². The van der Waals surface area contributed by atoms with Crippen LogP contribution < -0.4 is 11.1 Å². The third-order valence-corrected chi connectivity index (χ3v) is 5.42. The predicted molar refractivity (Wildman–Crippen MR) is 126 cm³/mol. The molecule has 0 unspecified atom stereocenters. The monoisotopic (exact) mass is 457 g/mol. The summed E-state index contributed by atoms with van der Waals surface area (Å²) in [6.07, 6.45) is 1.79. The van der Waals surface area contributed by atoms with Crippen molar-refractivity contribution in [3.63, 3.8) is 0 Å². The summed E-state index contributed by atoms with van der Waals surface area (Å²) in [4.78, 5) is 12.2. The smallest absolute Gasteiger partial charge is 0.220 e. The number of rotatable bonds is 9. The highest BCUT2D eigenvalue weighted by Gasteiger charge is 2.16. The first-order chi connectivity index (χ1) is 16.6. The van der Waals surface area contributed by atoms with Gasteiger partial charge in [-0.05, 0) is 49.2 Å². The first-order valence-electron chi connectivity index (χ1n) is 11.0. The summed E-state index contributed by atoms with van der Waals surface area (Å²) < 4.78 is 21.1. The van der Waals surface area contributed by atoms with Crippen molar-refractivity contribution in [3.05, 3.63) is 89.6 Å². The standard InChI is InChI=1S/C26H24FN5O2/c27-22-10-5-4-9-20(22)24-14-12-19(34-24)13-15-25(33)30-16-6-11-23-21(17-28)26(29)32(31-23)18-7-2-1-3-8-18/h1-5,7-10,12,14H,6,11,13,15-16,29H2,(H,30,33). The van der Waals surface area contributed by atoms with Crippen molar-refractivity contribution in [2.45, 2.75) is 25.7 Å². The fraction of sp³-hybridized carbons (Fsp3) is 0.192. The van der Waals surface area contributed by atoms with Gasteiger partial charge in [0.15, 0.2) is 0 Å². The van der Waals surface area contributed by atoms with Crippen molar-refractivity contribution in [1.82, 2.24) is 15.1 Å². The SMILES string of the molecule is N#Cc1c(CCCNC(=O)CCc2ccc(-c3ccccc3F)o2)nn(-c2ccccc2)c1N. The zero-order chi connectivity index (χ0) is 23.9. The highest BCUT2D eigenvalue weighted by molar-refractivity contribution is 5.76. The fourth-order valence-corrected chi connectivity index (χ4v) is 3.67. The first kappa shape index (κ1) is 22.8. The maximum Gasteiger partial charge on any atom is 0.220 e. The summed E-state index contributed by atoms with van der Waals surface area (Å²) in [5.41, 5.74) is 8.26. The van der Waals surface area contributed by atoms with Crippen LogP contribution in [-0.4, -0.2) is 22.2 Å². The molecular formula is C26H24FN5O2. The Labute approximate surface area is 196 Å². The number of amides is 1. The molecule has 0 aliphatic carbocycles. The van der Waals surface area contributed by atoms with Crippen molar-refractivity contribution >= 4 is 11.7 Å². The van der Waals surface area contributed by atoms with E-state index < -0.39 is 0 Å². The Hall–Kier alpha value is -4.38. The fourth-order valence-electron chi connectivity index (χ4n) is 3.67. The number of halogens is 1. The van der Waals surface area contributed by atoms with Gasteiger partial charge in [-0.1, -0.05) is 30.3 Å². The second-order valence-corrected chi connectivity index (χ2v) is 7.77. The number of nitrogens with two attached hydrogens (primary N) is 1. The molecule has 2 aromatic carbocycles. The van der Waals surface area contributed by atoms with E-state index in [4.69, 9.17) is 10.2 Å². The van der Waals surface area contributed by atoms with E-state index >= 15 is 0 Å². The number of furan rings is 1. The molecule has 0 spiro atoms. The third kappa shape index (κ3) is 5.15. The molecular weight excluding hydrogens is 433 g/mol. The zero-order valence-corrected chi connectivity index (χ0v) is 18.5. The van der Waals surface area contributed by atoms with Gasteiger partial charge in [0, 0.05) is 19.4 Å². The highest BCUT2D eigenvalue weighted by atomic mass is 19.1. The second-order valence-electron chi connectivity index (χ2n) is 7.77. The van der Waals surface area contributed by atoms with Crippen LogP contribution in [0.5, 0.6) is 0 Å². The normalized spacial score (nSPS) is 10.7. The molecule has 1 amide bonds.